The molecule has 96 valence electrons. The van der Waals surface area contributed by atoms with Crippen LogP contribution in [0.4, 0.5) is 0 Å². The number of aryl methyl sites for hydroxylation is 1. The molecule has 0 aliphatic carbocycles. The molecule has 4 nitrogen and oxygen atoms in total. The van der Waals surface area contributed by atoms with E-state index in [1.54, 1.807) is 11.8 Å². The monoisotopic (exact) mass is 288 g/mol. The van der Waals surface area contributed by atoms with E-state index >= 15 is 0 Å². The van der Waals surface area contributed by atoms with Crippen LogP contribution >= 0.6 is 23.5 Å². The van der Waals surface area contributed by atoms with Gasteiger partial charge in [0.15, 0.2) is 5.82 Å². The third-order valence-corrected chi connectivity index (χ3v) is 5.42. The normalized spacial score (nSPS) is 20.4. The van der Waals surface area contributed by atoms with Gasteiger partial charge in [-0.2, -0.15) is 0 Å². The highest BCUT2D eigenvalue weighted by molar-refractivity contribution is 8.07. The second-order valence-electron chi connectivity index (χ2n) is 4.37. The molecule has 1 unspecified atom stereocenters. The Hall–Kier alpha value is -1.40. The van der Waals surface area contributed by atoms with Gasteiger partial charge in [0.25, 0.3) is 0 Å². The fraction of sp³-hybridized carbons (Fsp3) is 0.231. The van der Waals surface area contributed by atoms with Gasteiger partial charge in [0, 0.05) is 11.8 Å². The predicted molar refractivity (Wildman–Crippen MR) is 78.3 cm³/mol. The third-order valence-electron chi connectivity index (χ3n) is 3.23. The Morgan fingerprint density at radius 1 is 1.21 bits per heavy atom. The summed E-state index contributed by atoms with van der Waals surface area (Å²) in [6.45, 7) is 2.12. The zero-order valence-electron chi connectivity index (χ0n) is 10.4. The van der Waals surface area contributed by atoms with Crippen molar-refractivity contribution in [2.24, 2.45) is 0 Å². The van der Waals surface area contributed by atoms with Crippen molar-refractivity contribution in [3.05, 3.63) is 52.2 Å². The molecular formula is C13H12N4S2. The minimum absolute atomic E-state index is 0.284. The molecule has 0 fully saturated rings. The van der Waals surface area contributed by atoms with Crippen molar-refractivity contribution in [2.45, 2.75) is 23.9 Å². The first-order chi connectivity index (χ1) is 9.38. The molecule has 0 N–H and O–H groups in total. The first kappa shape index (κ1) is 11.4. The SMILES string of the molecule is CCc1nnc2n1N1C(=CSC1c1ccccc1)S2. The van der Waals surface area contributed by atoms with Gasteiger partial charge >= 0.3 is 0 Å². The molecule has 1 aromatic heterocycles. The Labute approximate surface area is 119 Å². The van der Waals surface area contributed by atoms with Crippen molar-refractivity contribution in [2.75, 3.05) is 5.01 Å². The molecule has 1 atom stereocenters. The van der Waals surface area contributed by atoms with Crippen molar-refractivity contribution in [3.63, 3.8) is 0 Å². The summed E-state index contributed by atoms with van der Waals surface area (Å²) in [7, 11) is 0. The number of thioether (sulfide) groups is 2. The van der Waals surface area contributed by atoms with E-state index in [9.17, 15) is 0 Å². The number of hydrogen-bond donors (Lipinski definition) is 0. The zero-order valence-corrected chi connectivity index (χ0v) is 12.0. The summed E-state index contributed by atoms with van der Waals surface area (Å²) in [6.07, 6.45) is 0.892. The number of fused-ring (bicyclic) bond motifs is 3. The Morgan fingerprint density at radius 3 is 2.84 bits per heavy atom. The molecule has 0 amide bonds. The lowest BCUT2D eigenvalue weighted by atomic mass is 10.2. The first-order valence-electron chi connectivity index (χ1n) is 6.20. The molecule has 0 spiro atoms. The summed E-state index contributed by atoms with van der Waals surface area (Å²) in [5, 5.41) is 15.6. The highest BCUT2D eigenvalue weighted by Crippen LogP contribution is 2.50. The summed E-state index contributed by atoms with van der Waals surface area (Å²) >= 11 is 3.54. The van der Waals surface area contributed by atoms with E-state index in [1.165, 1.54) is 10.6 Å². The fourth-order valence-electron chi connectivity index (χ4n) is 2.35. The number of nitrogens with zero attached hydrogens (tertiary/aromatic N) is 4. The molecule has 2 aliphatic rings. The van der Waals surface area contributed by atoms with Crippen molar-refractivity contribution >= 4 is 23.5 Å². The minimum Gasteiger partial charge on any atom is -0.252 e. The molecule has 1 aromatic carbocycles. The maximum Gasteiger partial charge on any atom is 0.216 e. The molecule has 2 aliphatic heterocycles. The molecule has 0 saturated carbocycles. The zero-order chi connectivity index (χ0) is 12.8. The van der Waals surface area contributed by atoms with Crippen molar-refractivity contribution in [1.29, 1.82) is 0 Å². The molecule has 4 rings (SSSR count). The van der Waals surface area contributed by atoms with Gasteiger partial charge in [-0.05, 0) is 17.3 Å². The van der Waals surface area contributed by atoms with E-state index in [0.717, 1.165) is 17.4 Å². The Balaban J connectivity index is 1.79. The Kier molecular flexibility index (Phi) is 2.60. The van der Waals surface area contributed by atoms with Crippen LogP contribution in [0.25, 0.3) is 0 Å². The number of aromatic nitrogens is 3. The van der Waals surface area contributed by atoms with Crippen LogP contribution in [0.15, 0.2) is 45.9 Å². The van der Waals surface area contributed by atoms with E-state index < -0.39 is 0 Å². The van der Waals surface area contributed by atoms with Crippen LogP contribution in [0.1, 0.15) is 23.7 Å². The second-order valence-corrected chi connectivity index (χ2v) is 6.31. The quantitative estimate of drug-likeness (QED) is 0.848. The van der Waals surface area contributed by atoms with Gasteiger partial charge in [-0.15, -0.1) is 10.2 Å². The smallest absolute Gasteiger partial charge is 0.216 e. The van der Waals surface area contributed by atoms with Gasteiger partial charge in [0.2, 0.25) is 5.16 Å². The molecule has 0 radical (unpaired) electrons. The minimum atomic E-state index is 0.284. The average molecular weight is 288 g/mol. The first-order valence-corrected chi connectivity index (χ1v) is 7.96. The lowest BCUT2D eigenvalue weighted by Crippen LogP contribution is -2.30. The third kappa shape index (κ3) is 1.63. The van der Waals surface area contributed by atoms with Crippen LogP contribution in [-0.4, -0.2) is 14.9 Å². The summed E-state index contributed by atoms with van der Waals surface area (Å²) in [5.41, 5.74) is 1.31. The highest BCUT2D eigenvalue weighted by Gasteiger charge is 2.39. The summed E-state index contributed by atoms with van der Waals surface area (Å²) < 4.78 is 2.16. The summed E-state index contributed by atoms with van der Waals surface area (Å²) in [5.74, 6) is 1.02. The second kappa shape index (κ2) is 4.31. The summed E-state index contributed by atoms with van der Waals surface area (Å²) in [6, 6.07) is 10.6. The molecule has 2 aromatic rings. The lowest BCUT2D eigenvalue weighted by Gasteiger charge is -2.25. The van der Waals surface area contributed by atoms with E-state index in [1.807, 2.05) is 11.8 Å². The van der Waals surface area contributed by atoms with Crippen molar-refractivity contribution < 1.29 is 0 Å². The molecular weight excluding hydrogens is 276 g/mol. The van der Waals surface area contributed by atoms with Crippen LogP contribution in [0, 0.1) is 0 Å². The Morgan fingerprint density at radius 2 is 2.05 bits per heavy atom. The summed E-state index contributed by atoms with van der Waals surface area (Å²) in [4.78, 5) is 0. The van der Waals surface area contributed by atoms with Gasteiger partial charge in [0.05, 0.1) is 0 Å². The number of hydrogen-bond acceptors (Lipinski definition) is 5. The standard InChI is InChI=1S/C13H12N4S2/c1-2-10-14-15-13-16(10)17-11(19-13)8-18-12(17)9-6-4-3-5-7-9/h3-8,12H,2H2,1H3. The molecule has 0 bridgehead atoms. The van der Waals surface area contributed by atoms with Gasteiger partial charge in [-0.3, -0.25) is 5.01 Å². The maximum atomic E-state index is 4.26. The molecule has 3 heterocycles. The Bertz CT molecular complexity index is 650. The van der Waals surface area contributed by atoms with E-state index in [0.29, 0.717) is 0 Å². The molecule has 19 heavy (non-hydrogen) atoms. The maximum absolute atomic E-state index is 4.26. The lowest BCUT2D eigenvalue weighted by molar-refractivity contribution is 0.607. The molecule has 0 saturated heterocycles. The fourth-order valence-corrected chi connectivity index (χ4v) is 4.60. The average Bonchev–Trinajstić information content (AvgIpc) is 3.09. The van der Waals surface area contributed by atoms with Gasteiger partial charge < -0.3 is 0 Å². The molecule has 6 heteroatoms. The van der Waals surface area contributed by atoms with Crippen LogP contribution in [0.5, 0.6) is 0 Å². The van der Waals surface area contributed by atoms with Crippen LogP contribution in [-0.2, 0) is 6.42 Å². The topological polar surface area (TPSA) is 34.0 Å². The number of rotatable bonds is 2. The van der Waals surface area contributed by atoms with Crippen LogP contribution < -0.4 is 5.01 Å². The van der Waals surface area contributed by atoms with Gasteiger partial charge in [-0.1, -0.05) is 49.0 Å². The highest BCUT2D eigenvalue weighted by atomic mass is 32.2. The van der Waals surface area contributed by atoms with E-state index in [4.69, 9.17) is 0 Å². The van der Waals surface area contributed by atoms with E-state index in [2.05, 4.69) is 62.5 Å². The van der Waals surface area contributed by atoms with Crippen LogP contribution in [0.3, 0.4) is 0 Å². The van der Waals surface area contributed by atoms with Gasteiger partial charge in [0.1, 0.15) is 10.4 Å². The predicted octanol–water partition coefficient (Wildman–Crippen LogP) is 3.13. The van der Waals surface area contributed by atoms with Gasteiger partial charge in [-0.25, -0.2) is 4.68 Å². The largest absolute Gasteiger partial charge is 0.252 e. The van der Waals surface area contributed by atoms with Crippen molar-refractivity contribution in [1.82, 2.24) is 14.9 Å². The van der Waals surface area contributed by atoms with Crippen LogP contribution in [0.2, 0.25) is 0 Å². The number of benzene rings is 1. The van der Waals surface area contributed by atoms with Crippen molar-refractivity contribution in [3.8, 4) is 0 Å². The van der Waals surface area contributed by atoms with E-state index in [-0.39, 0.29) is 5.37 Å².